The third-order valence-corrected chi connectivity index (χ3v) is 4.80. The van der Waals surface area contributed by atoms with Crippen molar-refractivity contribution in [3.05, 3.63) is 73.0 Å². The Labute approximate surface area is 144 Å². The number of rotatable bonds is 4. The van der Waals surface area contributed by atoms with Crippen LogP contribution in [0.4, 0.5) is 21.5 Å². The Morgan fingerprint density at radius 1 is 1.08 bits per heavy atom. The van der Waals surface area contributed by atoms with Gasteiger partial charge in [-0.15, -0.1) is 0 Å². The van der Waals surface area contributed by atoms with Gasteiger partial charge in [0.15, 0.2) is 0 Å². The van der Waals surface area contributed by atoms with Gasteiger partial charge in [-0.25, -0.2) is 12.8 Å². The zero-order chi connectivity index (χ0) is 17.9. The lowest BCUT2D eigenvalue weighted by atomic mass is 10.2. The van der Waals surface area contributed by atoms with Crippen LogP contribution in [0.25, 0.3) is 0 Å². The van der Waals surface area contributed by atoms with Crippen LogP contribution in [-0.2, 0) is 10.0 Å². The Hall–Kier alpha value is -3.13. The molecule has 0 spiro atoms. The van der Waals surface area contributed by atoms with E-state index in [1.807, 2.05) is 0 Å². The number of allylic oxidation sites excluding steroid dienone is 1. The topological polar surface area (TPSA) is 87.8 Å². The van der Waals surface area contributed by atoms with Gasteiger partial charge >= 0.3 is 0 Å². The lowest BCUT2D eigenvalue weighted by Gasteiger charge is -2.18. The molecule has 0 saturated carbocycles. The highest BCUT2D eigenvalue weighted by atomic mass is 32.2. The molecule has 1 aliphatic heterocycles. The molecule has 6 nitrogen and oxygen atoms in total. The smallest absolute Gasteiger partial charge is 0.261 e. The van der Waals surface area contributed by atoms with E-state index in [-0.39, 0.29) is 16.3 Å². The van der Waals surface area contributed by atoms with E-state index in [4.69, 9.17) is 5.73 Å². The lowest BCUT2D eigenvalue weighted by Crippen LogP contribution is -2.14. The maximum atomic E-state index is 12.9. The maximum absolute atomic E-state index is 12.9. The zero-order valence-electron chi connectivity index (χ0n) is 13.0. The van der Waals surface area contributed by atoms with Gasteiger partial charge in [0.1, 0.15) is 5.82 Å². The fraction of sp³-hybridized carbons (Fsp3) is 0. The molecular formula is C17H15FN4O2S. The van der Waals surface area contributed by atoms with Gasteiger partial charge in [-0.1, -0.05) is 0 Å². The molecule has 25 heavy (non-hydrogen) atoms. The summed E-state index contributed by atoms with van der Waals surface area (Å²) in [5, 5.41) is 0. The summed E-state index contributed by atoms with van der Waals surface area (Å²) in [5.41, 5.74) is 7.20. The first-order valence-electron chi connectivity index (χ1n) is 7.29. The zero-order valence-corrected chi connectivity index (χ0v) is 13.8. The van der Waals surface area contributed by atoms with Crippen molar-refractivity contribution in [2.45, 2.75) is 4.90 Å². The number of nitrogens with two attached hydrogens (primary N) is 1. The summed E-state index contributed by atoms with van der Waals surface area (Å²) < 4.78 is 40.2. The van der Waals surface area contributed by atoms with Crippen LogP contribution < -0.4 is 15.4 Å². The Morgan fingerprint density at radius 2 is 1.84 bits per heavy atom. The van der Waals surface area contributed by atoms with E-state index in [0.29, 0.717) is 5.69 Å². The number of nitrogens with zero attached hydrogens (tertiary/aromatic N) is 2. The van der Waals surface area contributed by atoms with Gasteiger partial charge in [-0.2, -0.15) is 0 Å². The van der Waals surface area contributed by atoms with Crippen LogP contribution >= 0.6 is 0 Å². The molecule has 0 aliphatic carbocycles. The molecule has 1 heterocycles. The number of halogens is 1. The molecule has 0 amide bonds. The van der Waals surface area contributed by atoms with Crippen molar-refractivity contribution in [1.82, 2.24) is 0 Å². The second-order valence-corrected chi connectivity index (χ2v) is 6.86. The normalized spacial score (nSPS) is 13.7. The molecule has 2 aromatic rings. The number of anilines is 3. The Bertz CT molecular complexity index is 951. The largest absolute Gasteiger partial charge is 0.397 e. The average Bonchev–Trinajstić information content (AvgIpc) is 2.86. The fourth-order valence-electron chi connectivity index (χ4n) is 2.22. The fourth-order valence-corrected chi connectivity index (χ4v) is 3.31. The van der Waals surface area contributed by atoms with E-state index in [0.717, 1.165) is 0 Å². The average molecular weight is 358 g/mol. The molecule has 0 atom stereocenters. The number of sulfonamides is 1. The molecule has 3 rings (SSSR count). The molecule has 0 unspecified atom stereocenters. The Morgan fingerprint density at radius 3 is 2.56 bits per heavy atom. The van der Waals surface area contributed by atoms with E-state index >= 15 is 0 Å². The third kappa shape index (κ3) is 3.86. The van der Waals surface area contributed by atoms with Crippen molar-refractivity contribution < 1.29 is 12.8 Å². The van der Waals surface area contributed by atoms with Gasteiger partial charge in [-0.3, -0.25) is 9.71 Å². The summed E-state index contributed by atoms with van der Waals surface area (Å²) in [4.78, 5) is 5.72. The van der Waals surface area contributed by atoms with E-state index in [9.17, 15) is 12.8 Å². The van der Waals surface area contributed by atoms with Crippen molar-refractivity contribution in [3.8, 4) is 0 Å². The van der Waals surface area contributed by atoms with Gasteiger partial charge in [0.2, 0.25) is 0 Å². The van der Waals surface area contributed by atoms with Gasteiger partial charge < -0.3 is 10.6 Å². The van der Waals surface area contributed by atoms with Gasteiger partial charge in [0.25, 0.3) is 10.0 Å². The standard InChI is InChI=1S/C17H15FN4O2S/c18-13-2-4-14(5-3-13)21-25(23,24)15-6-7-17(16(19)12-15)22-10-1-8-20-9-11-22/h1-12,21H,19H2. The minimum absolute atomic E-state index is 0.0112. The second-order valence-electron chi connectivity index (χ2n) is 5.18. The molecule has 0 radical (unpaired) electrons. The monoisotopic (exact) mass is 358 g/mol. The third-order valence-electron chi connectivity index (χ3n) is 3.42. The van der Waals surface area contributed by atoms with E-state index in [2.05, 4.69) is 9.71 Å². The quantitative estimate of drug-likeness (QED) is 0.822. The number of aliphatic imine (C=N–C) groups is 1. The molecule has 2 aromatic carbocycles. The Balaban J connectivity index is 1.87. The predicted molar refractivity (Wildman–Crippen MR) is 97.3 cm³/mol. The summed E-state index contributed by atoms with van der Waals surface area (Å²) in [7, 11) is -3.84. The molecule has 0 fully saturated rings. The van der Waals surface area contributed by atoms with E-state index in [1.54, 1.807) is 41.9 Å². The SMILES string of the molecule is Nc1cc(S(=O)(=O)Nc2ccc(F)cc2)ccc1N1C=CC=NC=C1. The van der Waals surface area contributed by atoms with Gasteiger partial charge in [0, 0.05) is 30.5 Å². The van der Waals surface area contributed by atoms with Crippen molar-refractivity contribution in [1.29, 1.82) is 0 Å². The first-order valence-corrected chi connectivity index (χ1v) is 8.77. The molecule has 8 heteroatoms. The highest BCUT2D eigenvalue weighted by Crippen LogP contribution is 2.28. The van der Waals surface area contributed by atoms with Crippen LogP contribution in [-0.4, -0.2) is 14.6 Å². The molecule has 0 aromatic heterocycles. The number of nitrogens with one attached hydrogen (secondary N) is 1. The van der Waals surface area contributed by atoms with Crippen LogP contribution in [0.5, 0.6) is 0 Å². The summed E-state index contributed by atoms with van der Waals surface area (Å²) in [6.07, 6.45) is 8.42. The molecule has 0 saturated heterocycles. The number of hydrogen-bond acceptors (Lipinski definition) is 5. The molecule has 128 valence electrons. The number of benzene rings is 2. The van der Waals surface area contributed by atoms with Crippen molar-refractivity contribution >= 4 is 33.3 Å². The molecule has 3 N–H and O–H groups in total. The number of hydrogen-bond donors (Lipinski definition) is 2. The molecular weight excluding hydrogens is 343 g/mol. The Kier molecular flexibility index (Phi) is 4.53. The summed E-state index contributed by atoms with van der Waals surface area (Å²) in [6.45, 7) is 0. The lowest BCUT2D eigenvalue weighted by molar-refractivity contribution is 0.601. The van der Waals surface area contributed by atoms with Crippen molar-refractivity contribution in [2.75, 3.05) is 15.4 Å². The predicted octanol–water partition coefficient (Wildman–Crippen LogP) is 3.08. The minimum Gasteiger partial charge on any atom is -0.397 e. The highest BCUT2D eigenvalue weighted by Gasteiger charge is 2.17. The van der Waals surface area contributed by atoms with Crippen molar-refractivity contribution in [3.63, 3.8) is 0 Å². The van der Waals surface area contributed by atoms with Crippen LogP contribution in [0.3, 0.4) is 0 Å². The van der Waals surface area contributed by atoms with Gasteiger partial charge in [0.05, 0.1) is 16.3 Å². The summed E-state index contributed by atoms with van der Waals surface area (Å²) in [6, 6.07) is 9.47. The highest BCUT2D eigenvalue weighted by molar-refractivity contribution is 7.92. The first kappa shape index (κ1) is 16.7. The van der Waals surface area contributed by atoms with Crippen molar-refractivity contribution in [2.24, 2.45) is 4.99 Å². The van der Waals surface area contributed by atoms with E-state index in [1.165, 1.54) is 36.4 Å². The minimum atomic E-state index is -3.84. The summed E-state index contributed by atoms with van der Waals surface area (Å²) >= 11 is 0. The van der Waals surface area contributed by atoms with Crippen LogP contribution in [0.2, 0.25) is 0 Å². The van der Waals surface area contributed by atoms with Crippen LogP contribution in [0.15, 0.2) is 77.0 Å². The first-order chi connectivity index (χ1) is 12.0. The molecule has 0 bridgehead atoms. The second kappa shape index (κ2) is 6.78. The summed E-state index contributed by atoms with van der Waals surface area (Å²) in [5.74, 6) is -0.445. The maximum Gasteiger partial charge on any atom is 0.261 e. The van der Waals surface area contributed by atoms with Crippen LogP contribution in [0.1, 0.15) is 0 Å². The van der Waals surface area contributed by atoms with Gasteiger partial charge in [-0.05, 0) is 48.5 Å². The number of nitrogen functional groups attached to an aromatic ring is 1. The van der Waals surface area contributed by atoms with Crippen LogP contribution in [0, 0.1) is 5.82 Å². The molecule has 1 aliphatic rings. The van der Waals surface area contributed by atoms with E-state index < -0.39 is 15.8 Å².